The van der Waals surface area contributed by atoms with Crippen LogP contribution in [-0.4, -0.2) is 5.97 Å². The zero-order valence-electron chi connectivity index (χ0n) is 20.2. The van der Waals surface area contributed by atoms with E-state index in [9.17, 15) is 4.79 Å². The van der Waals surface area contributed by atoms with Gasteiger partial charge in [-0.05, 0) is 87.1 Å². The molecule has 1 aliphatic rings. The zero-order valence-corrected chi connectivity index (χ0v) is 20.2. The largest absolute Gasteiger partial charge is 0.426 e. The lowest BCUT2D eigenvalue weighted by atomic mass is 9.80. The van der Waals surface area contributed by atoms with E-state index in [-0.39, 0.29) is 11.9 Å². The summed E-state index contributed by atoms with van der Waals surface area (Å²) in [5.74, 6) is 13.6. The maximum Gasteiger partial charge on any atom is 0.314 e. The predicted molar refractivity (Wildman–Crippen MR) is 136 cm³/mol. The Morgan fingerprint density at radius 1 is 0.788 bits per heavy atom. The molecule has 0 aromatic heterocycles. The summed E-state index contributed by atoms with van der Waals surface area (Å²) in [6, 6.07) is 15.4. The van der Waals surface area contributed by atoms with Crippen molar-refractivity contribution in [1.82, 2.24) is 0 Å². The third-order valence-electron chi connectivity index (χ3n) is 6.47. The molecule has 0 aliphatic heterocycles. The average molecular weight is 441 g/mol. The SMILES string of the molecule is CC#Cc1ccc(C#Cc2ccc(OC(=O)[C@H]3CC[C@H](CCCCCCC)CC3)cc2)cc1. The van der Waals surface area contributed by atoms with Crippen molar-refractivity contribution in [3.05, 3.63) is 65.2 Å². The molecule has 3 rings (SSSR count). The smallest absolute Gasteiger partial charge is 0.314 e. The van der Waals surface area contributed by atoms with Crippen molar-refractivity contribution < 1.29 is 9.53 Å². The van der Waals surface area contributed by atoms with Gasteiger partial charge in [-0.15, -0.1) is 5.92 Å². The van der Waals surface area contributed by atoms with Gasteiger partial charge in [0.25, 0.3) is 0 Å². The molecule has 0 radical (unpaired) electrons. The lowest BCUT2D eigenvalue weighted by molar-refractivity contribution is -0.140. The molecule has 2 aromatic carbocycles. The van der Waals surface area contributed by atoms with Gasteiger partial charge in [0, 0.05) is 16.7 Å². The molecule has 172 valence electrons. The van der Waals surface area contributed by atoms with Gasteiger partial charge in [0.15, 0.2) is 0 Å². The summed E-state index contributed by atoms with van der Waals surface area (Å²) >= 11 is 0. The van der Waals surface area contributed by atoms with Gasteiger partial charge in [0.1, 0.15) is 5.75 Å². The van der Waals surface area contributed by atoms with Crippen molar-refractivity contribution in [2.45, 2.75) is 78.1 Å². The highest BCUT2D eigenvalue weighted by atomic mass is 16.5. The standard InChI is InChI=1S/C31H36O2/c1-3-5-6-7-8-10-26-17-21-29(22-18-26)31(32)33-30-23-19-28(20-24-30)16-15-27-13-11-25(9-4-2)12-14-27/h11-14,19-20,23-24,26,29H,3,5-8,10,17-18,21-22H2,1-2H3/t26-,29-. The van der Waals surface area contributed by atoms with Crippen LogP contribution in [0.1, 0.15) is 94.7 Å². The van der Waals surface area contributed by atoms with Gasteiger partial charge < -0.3 is 4.74 Å². The summed E-state index contributed by atoms with van der Waals surface area (Å²) in [6.45, 7) is 4.09. The van der Waals surface area contributed by atoms with E-state index in [1.807, 2.05) is 55.5 Å². The van der Waals surface area contributed by atoms with Gasteiger partial charge in [-0.1, -0.05) is 63.2 Å². The summed E-state index contributed by atoms with van der Waals surface area (Å²) in [5.41, 5.74) is 2.83. The van der Waals surface area contributed by atoms with E-state index in [4.69, 9.17) is 4.74 Å². The monoisotopic (exact) mass is 440 g/mol. The molecule has 0 bridgehead atoms. The van der Waals surface area contributed by atoms with Crippen LogP contribution in [0.25, 0.3) is 0 Å². The lowest BCUT2D eigenvalue weighted by Crippen LogP contribution is -2.25. The summed E-state index contributed by atoms with van der Waals surface area (Å²) in [7, 11) is 0. The topological polar surface area (TPSA) is 26.3 Å². The van der Waals surface area contributed by atoms with Crippen LogP contribution in [0.4, 0.5) is 0 Å². The minimum absolute atomic E-state index is 0.0428. The van der Waals surface area contributed by atoms with Gasteiger partial charge in [-0.3, -0.25) is 4.79 Å². The molecule has 0 atom stereocenters. The number of hydrogen-bond donors (Lipinski definition) is 0. The van der Waals surface area contributed by atoms with Crippen molar-refractivity contribution in [2.75, 3.05) is 0 Å². The summed E-state index contributed by atoms with van der Waals surface area (Å²) in [5, 5.41) is 0. The number of ether oxygens (including phenoxy) is 1. The summed E-state index contributed by atoms with van der Waals surface area (Å²) in [4.78, 5) is 12.6. The Labute approximate surface area is 200 Å². The fourth-order valence-corrected chi connectivity index (χ4v) is 4.45. The first-order chi connectivity index (χ1) is 16.2. The van der Waals surface area contributed by atoms with Crippen LogP contribution >= 0.6 is 0 Å². The average Bonchev–Trinajstić information content (AvgIpc) is 2.85. The zero-order chi connectivity index (χ0) is 23.3. The minimum atomic E-state index is -0.0782. The van der Waals surface area contributed by atoms with E-state index in [1.165, 1.54) is 38.5 Å². The second kappa shape index (κ2) is 13.5. The lowest BCUT2D eigenvalue weighted by Gasteiger charge is -2.27. The number of carbonyl (C=O) groups excluding carboxylic acids is 1. The van der Waals surface area contributed by atoms with Crippen LogP contribution in [0.5, 0.6) is 5.75 Å². The maximum absolute atomic E-state index is 12.6. The molecule has 0 saturated heterocycles. The van der Waals surface area contributed by atoms with Gasteiger partial charge in [-0.25, -0.2) is 0 Å². The molecule has 33 heavy (non-hydrogen) atoms. The molecule has 1 fully saturated rings. The molecule has 0 spiro atoms. The molecule has 2 aromatic rings. The normalized spacial score (nSPS) is 17.3. The third-order valence-corrected chi connectivity index (χ3v) is 6.47. The Hall–Kier alpha value is -2.97. The Morgan fingerprint density at radius 2 is 1.33 bits per heavy atom. The Kier molecular flexibility index (Phi) is 10.1. The molecular formula is C31H36O2. The third kappa shape index (κ3) is 8.47. The van der Waals surface area contributed by atoms with Crippen molar-refractivity contribution in [3.8, 4) is 29.4 Å². The Bertz CT molecular complexity index is 985. The van der Waals surface area contributed by atoms with E-state index in [2.05, 4.69) is 30.6 Å². The Morgan fingerprint density at radius 3 is 1.91 bits per heavy atom. The van der Waals surface area contributed by atoms with Gasteiger partial charge >= 0.3 is 5.97 Å². The van der Waals surface area contributed by atoms with E-state index < -0.39 is 0 Å². The van der Waals surface area contributed by atoms with E-state index in [0.717, 1.165) is 48.3 Å². The Balaban J connectivity index is 1.43. The highest BCUT2D eigenvalue weighted by molar-refractivity contribution is 5.75. The van der Waals surface area contributed by atoms with Crippen LogP contribution in [0.2, 0.25) is 0 Å². The summed E-state index contributed by atoms with van der Waals surface area (Å²) in [6.07, 6.45) is 12.3. The molecule has 0 N–H and O–H groups in total. The van der Waals surface area contributed by atoms with Crippen LogP contribution in [-0.2, 0) is 4.79 Å². The number of rotatable bonds is 8. The molecule has 2 nitrogen and oxygen atoms in total. The highest BCUT2D eigenvalue weighted by Crippen LogP contribution is 2.33. The van der Waals surface area contributed by atoms with Crippen molar-refractivity contribution in [1.29, 1.82) is 0 Å². The molecule has 0 amide bonds. The number of carbonyl (C=O) groups is 1. The summed E-state index contributed by atoms with van der Waals surface area (Å²) < 4.78 is 5.67. The van der Waals surface area contributed by atoms with Crippen LogP contribution < -0.4 is 4.74 Å². The van der Waals surface area contributed by atoms with Crippen LogP contribution in [0, 0.1) is 35.5 Å². The number of hydrogen-bond acceptors (Lipinski definition) is 2. The van der Waals surface area contributed by atoms with Gasteiger partial charge in [0.2, 0.25) is 0 Å². The first-order valence-corrected chi connectivity index (χ1v) is 12.5. The second-order valence-electron chi connectivity index (χ2n) is 9.07. The molecule has 0 unspecified atom stereocenters. The molecule has 1 saturated carbocycles. The van der Waals surface area contributed by atoms with Crippen molar-refractivity contribution >= 4 is 5.97 Å². The van der Waals surface area contributed by atoms with E-state index in [1.54, 1.807) is 0 Å². The molecule has 1 aliphatic carbocycles. The van der Waals surface area contributed by atoms with Gasteiger partial charge in [-0.2, -0.15) is 0 Å². The van der Waals surface area contributed by atoms with E-state index in [0.29, 0.717) is 5.75 Å². The van der Waals surface area contributed by atoms with Crippen molar-refractivity contribution in [3.63, 3.8) is 0 Å². The fourth-order valence-electron chi connectivity index (χ4n) is 4.45. The first kappa shape index (κ1) is 24.7. The van der Waals surface area contributed by atoms with Crippen LogP contribution in [0.15, 0.2) is 48.5 Å². The predicted octanol–water partition coefficient (Wildman–Crippen LogP) is 7.53. The first-order valence-electron chi connectivity index (χ1n) is 12.5. The van der Waals surface area contributed by atoms with Gasteiger partial charge in [0.05, 0.1) is 5.92 Å². The quantitative estimate of drug-likeness (QED) is 0.183. The van der Waals surface area contributed by atoms with Crippen LogP contribution in [0.3, 0.4) is 0 Å². The number of esters is 1. The van der Waals surface area contributed by atoms with Crippen molar-refractivity contribution in [2.24, 2.45) is 11.8 Å². The number of unbranched alkanes of at least 4 members (excludes halogenated alkanes) is 4. The minimum Gasteiger partial charge on any atom is -0.426 e. The molecule has 2 heteroatoms. The van der Waals surface area contributed by atoms with E-state index >= 15 is 0 Å². The highest BCUT2D eigenvalue weighted by Gasteiger charge is 2.27. The molecule has 0 heterocycles. The second-order valence-corrected chi connectivity index (χ2v) is 9.07. The fraction of sp³-hybridized carbons (Fsp3) is 0.452. The number of benzene rings is 2. The molecular weight excluding hydrogens is 404 g/mol. The maximum atomic E-state index is 12.6.